The Labute approximate surface area is 105 Å². The molecule has 0 aliphatic heterocycles. The van der Waals surface area contributed by atoms with Gasteiger partial charge >= 0.3 is 5.97 Å². The molecule has 0 atom stereocenters. The number of hydrogen-bond donors (Lipinski definition) is 2. The van der Waals surface area contributed by atoms with Crippen LogP contribution in [0.2, 0.25) is 0 Å². The number of nitrogens with zero attached hydrogens (tertiary/aromatic N) is 2. The van der Waals surface area contributed by atoms with Gasteiger partial charge in [0.1, 0.15) is 11.4 Å². The molecule has 0 aliphatic rings. The molecule has 0 bridgehead atoms. The second kappa shape index (κ2) is 4.12. The lowest BCUT2D eigenvalue weighted by molar-refractivity contribution is 0.0698. The highest BCUT2D eigenvalue weighted by molar-refractivity contribution is 14.1. The van der Waals surface area contributed by atoms with E-state index in [1.165, 1.54) is 10.9 Å². The van der Waals surface area contributed by atoms with Crippen LogP contribution in [0.4, 0.5) is 5.82 Å². The second-order valence-corrected chi connectivity index (χ2v) is 4.38. The Morgan fingerprint density at radius 3 is 2.50 bits per heavy atom. The summed E-state index contributed by atoms with van der Waals surface area (Å²) in [6.45, 7) is 0. The van der Waals surface area contributed by atoms with Crippen LogP contribution in [0, 0.1) is 3.57 Å². The molecule has 1 aromatic carbocycles. The molecule has 0 aliphatic carbocycles. The minimum atomic E-state index is -1.07. The molecule has 0 saturated heterocycles. The van der Waals surface area contributed by atoms with E-state index in [-0.39, 0.29) is 11.4 Å². The van der Waals surface area contributed by atoms with Crippen molar-refractivity contribution < 1.29 is 9.90 Å². The molecular formula is C10H8IN3O2. The monoisotopic (exact) mass is 329 g/mol. The molecule has 0 saturated carbocycles. The van der Waals surface area contributed by atoms with Gasteiger partial charge in [-0.25, -0.2) is 9.48 Å². The first-order valence-electron chi connectivity index (χ1n) is 4.42. The lowest BCUT2D eigenvalue weighted by atomic mass is 10.3. The number of carboxylic acid groups (broad SMARTS) is 1. The molecule has 0 radical (unpaired) electrons. The number of rotatable bonds is 2. The molecular weight excluding hydrogens is 321 g/mol. The van der Waals surface area contributed by atoms with Crippen LogP contribution in [0.15, 0.2) is 30.5 Å². The van der Waals surface area contributed by atoms with Gasteiger partial charge in [0.25, 0.3) is 0 Å². The number of halogens is 1. The van der Waals surface area contributed by atoms with Gasteiger partial charge in [-0.05, 0) is 46.9 Å². The smallest absolute Gasteiger partial charge is 0.341 e. The first-order valence-corrected chi connectivity index (χ1v) is 5.50. The zero-order chi connectivity index (χ0) is 11.7. The maximum Gasteiger partial charge on any atom is 0.341 e. The Balaban J connectivity index is 2.49. The number of anilines is 1. The Bertz CT molecular complexity index is 533. The Morgan fingerprint density at radius 1 is 1.38 bits per heavy atom. The number of carbonyl (C=O) groups is 1. The minimum absolute atomic E-state index is 0.0125. The standard InChI is InChI=1S/C10H8IN3O2/c11-6-1-3-7(4-2-6)14-9(12)8(5-13-14)10(15)16/h1-5H,12H2,(H,15,16). The maximum absolute atomic E-state index is 10.8. The zero-order valence-corrected chi connectivity index (χ0v) is 10.2. The number of aromatic nitrogens is 2. The van der Waals surface area contributed by atoms with Gasteiger partial charge in [0.05, 0.1) is 11.9 Å². The van der Waals surface area contributed by atoms with E-state index in [1.54, 1.807) is 0 Å². The lowest BCUT2D eigenvalue weighted by Crippen LogP contribution is -2.05. The summed E-state index contributed by atoms with van der Waals surface area (Å²) in [6.07, 6.45) is 1.25. The van der Waals surface area contributed by atoms with E-state index in [0.717, 1.165) is 9.26 Å². The van der Waals surface area contributed by atoms with Crippen LogP contribution in [-0.2, 0) is 0 Å². The Kier molecular flexibility index (Phi) is 2.82. The van der Waals surface area contributed by atoms with Crippen LogP contribution in [0.5, 0.6) is 0 Å². The topological polar surface area (TPSA) is 81.1 Å². The highest BCUT2D eigenvalue weighted by Crippen LogP contribution is 2.17. The maximum atomic E-state index is 10.8. The molecule has 0 spiro atoms. The van der Waals surface area contributed by atoms with Gasteiger partial charge in [-0.1, -0.05) is 0 Å². The van der Waals surface area contributed by atoms with Crippen molar-refractivity contribution in [1.82, 2.24) is 9.78 Å². The largest absolute Gasteiger partial charge is 0.477 e. The molecule has 0 amide bonds. The highest BCUT2D eigenvalue weighted by atomic mass is 127. The van der Waals surface area contributed by atoms with E-state index in [2.05, 4.69) is 27.7 Å². The first-order chi connectivity index (χ1) is 7.59. The summed E-state index contributed by atoms with van der Waals surface area (Å²) >= 11 is 2.19. The fraction of sp³-hybridized carbons (Fsp3) is 0. The molecule has 1 heterocycles. The van der Waals surface area contributed by atoms with Crippen LogP contribution in [0.1, 0.15) is 10.4 Å². The summed E-state index contributed by atoms with van der Waals surface area (Å²) < 4.78 is 2.49. The third-order valence-corrected chi connectivity index (χ3v) is 2.83. The van der Waals surface area contributed by atoms with E-state index >= 15 is 0 Å². The van der Waals surface area contributed by atoms with Crippen LogP contribution in [-0.4, -0.2) is 20.9 Å². The summed E-state index contributed by atoms with van der Waals surface area (Å²) in [5.41, 5.74) is 6.45. The van der Waals surface area contributed by atoms with E-state index in [9.17, 15) is 4.79 Å². The van der Waals surface area contributed by atoms with Gasteiger partial charge in [-0.15, -0.1) is 0 Å². The summed E-state index contributed by atoms with van der Waals surface area (Å²) in [5.74, 6) is -0.942. The lowest BCUT2D eigenvalue weighted by Gasteiger charge is -2.03. The molecule has 0 fully saturated rings. The van der Waals surface area contributed by atoms with Crippen molar-refractivity contribution in [2.24, 2.45) is 0 Å². The zero-order valence-electron chi connectivity index (χ0n) is 8.09. The molecule has 3 N–H and O–H groups in total. The molecule has 6 heteroatoms. The number of aromatic carboxylic acids is 1. The second-order valence-electron chi connectivity index (χ2n) is 3.14. The van der Waals surface area contributed by atoms with E-state index < -0.39 is 5.97 Å². The predicted molar refractivity (Wildman–Crippen MR) is 67.7 cm³/mol. The van der Waals surface area contributed by atoms with Gasteiger partial charge in [-0.2, -0.15) is 5.10 Å². The van der Waals surface area contributed by atoms with Crippen molar-refractivity contribution in [3.63, 3.8) is 0 Å². The van der Waals surface area contributed by atoms with Crippen LogP contribution < -0.4 is 5.73 Å². The summed E-state index contributed by atoms with van der Waals surface area (Å²) in [7, 11) is 0. The fourth-order valence-corrected chi connectivity index (χ4v) is 1.67. The third kappa shape index (κ3) is 1.87. The van der Waals surface area contributed by atoms with Crippen LogP contribution >= 0.6 is 22.6 Å². The summed E-state index contributed by atoms with van der Waals surface area (Å²) in [4.78, 5) is 10.8. The fourth-order valence-electron chi connectivity index (χ4n) is 1.31. The number of hydrogen-bond acceptors (Lipinski definition) is 3. The molecule has 16 heavy (non-hydrogen) atoms. The van der Waals surface area contributed by atoms with Gasteiger partial charge in [0.2, 0.25) is 0 Å². The quantitative estimate of drug-likeness (QED) is 0.823. The summed E-state index contributed by atoms with van der Waals surface area (Å²) in [5, 5.41) is 12.8. The first kappa shape index (κ1) is 10.9. The number of nitrogens with two attached hydrogens (primary N) is 1. The molecule has 1 aromatic heterocycles. The van der Waals surface area contributed by atoms with E-state index in [4.69, 9.17) is 10.8 Å². The predicted octanol–water partition coefficient (Wildman–Crippen LogP) is 1.76. The Morgan fingerprint density at radius 2 is 2.00 bits per heavy atom. The number of benzene rings is 1. The van der Waals surface area contributed by atoms with Crippen molar-refractivity contribution in [2.75, 3.05) is 5.73 Å². The highest BCUT2D eigenvalue weighted by Gasteiger charge is 2.14. The van der Waals surface area contributed by atoms with Gasteiger partial charge < -0.3 is 10.8 Å². The number of nitrogen functional groups attached to an aromatic ring is 1. The summed E-state index contributed by atoms with van der Waals surface area (Å²) in [6, 6.07) is 7.46. The van der Waals surface area contributed by atoms with Gasteiger partial charge in [0.15, 0.2) is 0 Å². The SMILES string of the molecule is Nc1c(C(=O)O)cnn1-c1ccc(I)cc1. The van der Waals surface area contributed by atoms with Gasteiger partial charge in [-0.3, -0.25) is 0 Å². The molecule has 5 nitrogen and oxygen atoms in total. The average molecular weight is 329 g/mol. The van der Waals surface area contributed by atoms with Crippen molar-refractivity contribution >= 4 is 34.4 Å². The normalized spacial score (nSPS) is 10.3. The van der Waals surface area contributed by atoms with Gasteiger partial charge in [0, 0.05) is 3.57 Å². The van der Waals surface area contributed by atoms with Crippen molar-refractivity contribution in [2.45, 2.75) is 0 Å². The van der Waals surface area contributed by atoms with Crippen molar-refractivity contribution in [3.8, 4) is 5.69 Å². The Hall–Kier alpha value is -1.57. The molecule has 82 valence electrons. The third-order valence-electron chi connectivity index (χ3n) is 2.11. The molecule has 0 unspecified atom stereocenters. The molecule has 2 rings (SSSR count). The molecule has 2 aromatic rings. The van der Waals surface area contributed by atoms with E-state index in [0.29, 0.717) is 0 Å². The van der Waals surface area contributed by atoms with Crippen LogP contribution in [0.3, 0.4) is 0 Å². The van der Waals surface area contributed by atoms with Crippen LogP contribution in [0.25, 0.3) is 5.69 Å². The van der Waals surface area contributed by atoms with Crippen molar-refractivity contribution in [1.29, 1.82) is 0 Å². The minimum Gasteiger partial charge on any atom is -0.477 e. The number of carboxylic acids is 1. The van der Waals surface area contributed by atoms with E-state index in [1.807, 2.05) is 24.3 Å². The average Bonchev–Trinajstić information content (AvgIpc) is 2.61. The van der Waals surface area contributed by atoms with Crippen molar-refractivity contribution in [3.05, 3.63) is 39.6 Å².